The van der Waals surface area contributed by atoms with E-state index in [9.17, 15) is 0 Å². The van der Waals surface area contributed by atoms with E-state index in [1.165, 1.54) is 16.7 Å². The Labute approximate surface area is 328 Å². The predicted octanol–water partition coefficient (Wildman–Crippen LogP) is 15.7. The Morgan fingerprint density at radius 3 is 2.02 bits per heavy atom. The van der Waals surface area contributed by atoms with E-state index in [2.05, 4.69) is 170 Å². The van der Waals surface area contributed by atoms with Gasteiger partial charge < -0.3 is 18.2 Å². The van der Waals surface area contributed by atoms with Crippen LogP contribution in [0, 0.1) is 0 Å². The third-order valence-electron chi connectivity index (χ3n) is 11.9. The van der Waals surface area contributed by atoms with Gasteiger partial charge in [-0.1, -0.05) is 128 Å². The number of para-hydroxylation sites is 3. The zero-order valence-electron chi connectivity index (χ0n) is 31.2. The van der Waals surface area contributed by atoms with Crippen LogP contribution in [0.3, 0.4) is 0 Å². The number of fused-ring (bicyclic) bond motifs is 10. The first-order chi connectivity index (χ1) is 28.2. The van der Waals surface area contributed by atoms with Gasteiger partial charge in [0.15, 0.2) is 5.58 Å². The number of allylic oxidation sites excluding steroid dienone is 1. The zero-order chi connectivity index (χ0) is 37.6. The van der Waals surface area contributed by atoms with Crippen LogP contribution in [0.4, 0.5) is 17.1 Å². The number of benzene rings is 8. The van der Waals surface area contributed by atoms with E-state index in [1.54, 1.807) is 0 Å². The Morgan fingerprint density at radius 1 is 0.474 bits per heavy atom. The van der Waals surface area contributed by atoms with Crippen molar-refractivity contribution in [2.75, 3.05) is 4.90 Å². The van der Waals surface area contributed by atoms with Crippen molar-refractivity contribution in [3.8, 4) is 22.3 Å². The van der Waals surface area contributed by atoms with E-state index in [0.717, 1.165) is 106 Å². The minimum absolute atomic E-state index is 0.433. The molecule has 1 unspecified atom stereocenters. The van der Waals surface area contributed by atoms with E-state index in [4.69, 9.17) is 13.3 Å². The molecule has 0 N–H and O–H groups in total. The van der Waals surface area contributed by atoms with Crippen LogP contribution in [0.25, 0.3) is 94.1 Å². The Hall–Kier alpha value is -7.30. The van der Waals surface area contributed by atoms with Gasteiger partial charge in [0, 0.05) is 49.6 Å². The standard InChI is InChI=1S/C53H35NO3/c1-32-11-9-14-35-21-22-36(29-43(32)35)50-51-42-16-6-8-20-47(42)55-49(51)31-44-40-28-27-38(30-48(40)57-53(44)50)54(37-25-23-34(24-26-37)33-12-3-2-4-13-33)45-18-10-17-41-39-15-5-7-19-46(39)56-52(41)45/h2-10,12-32H,11H2,1H3. The summed E-state index contributed by atoms with van der Waals surface area (Å²) in [4.78, 5) is 2.28. The monoisotopic (exact) mass is 733 g/mol. The molecule has 1 aliphatic carbocycles. The summed E-state index contributed by atoms with van der Waals surface area (Å²) in [5.41, 5.74) is 15.2. The average molecular weight is 734 g/mol. The molecule has 1 aliphatic rings. The molecule has 1 atom stereocenters. The molecule has 0 bridgehead atoms. The van der Waals surface area contributed by atoms with Crippen molar-refractivity contribution in [1.82, 2.24) is 0 Å². The Morgan fingerprint density at radius 2 is 1.16 bits per heavy atom. The summed E-state index contributed by atoms with van der Waals surface area (Å²) in [6.45, 7) is 2.31. The lowest BCUT2D eigenvalue weighted by Gasteiger charge is -2.25. The lowest BCUT2D eigenvalue weighted by Crippen LogP contribution is -2.10. The maximum absolute atomic E-state index is 7.10. The number of hydrogen-bond donors (Lipinski definition) is 0. The average Bonchev–Trinajstić information content (AvgIpc) is 3.95. The van der Waals surface area contributed by atoms with Gasteiger partial charge in [0.05, 0.1) is 11.4 Å². The molecule has 0 saturated carbocycles. The van der Waals surface area contributed by atoms with E-state index in [0.29, 0.717) is 5.92 Å². The van der Waals surface area contributed by atoms with Crippen LogP contribution < -0.4 is 4.90 Å². The molecular weight excluding hydrogens is 699 g/mol. The van der Waals surface area contributed by atoms with Crippen LogP contribution in [0.5, 0.6) is 0 Å². The van der Waals surface area contributed by atoms with Gasteiger partial charge in [0.1, 0.15) is 27.9 Å². The molecule has 11 aromatic rings. The molecule has 8 aromatic carbocycles. The normalized spacial score (nSPS) is 14.1. The molecule has 0 spiro atoms. The zero-order valence-corrected chi connectivity index (χ0v) is 31.2. The van der Waals surface area contributed by atoms with Crippen LogP contribution in [0.2, 0.25) is 0 Å². The quantitative estimate of drug-likeness (QED) is 0.177. The van der Waals surface area contributed by atoms with Gasteiger partial charge in [-0.05, 0) is 88.7 Å². The fourth-order valence-electron chi connectivity index (χ4n) is 9.12. The van der Waals surface area contributed by atoms with Gasteiger partial charge in [-0.3, -0.25) is 0 Å². The molecule has 4 nitrogen and oxygen atoms in total. The highest BCUT2D eigenvalue weighted by Gasteiger charge is 2.25. The first kappa shape index (κ1) is 32.0. The van der Waals surface area contributed by atoms with Crippen LogP contribution in [-0.4, -0.2) is 0 Å². The highest BCUT2D eigenvalue weighted by atomic mass is 16.3. The van der Waals surface area contributed by atoms with Crippen molar-refractivity contribution in [2.45, 2.75) is 19.3 Å². The largest absolute Gasteiger partial charge is 0.456 e. The second-order valence-corrected chi connectivity index (χ2v) is 15.3. The van der Waals surface area contributed by atoms with E-state index < -0.39 is 0 Å². The molecule has 0 aliphatic heterocycles. The summed E-state index contributed by atoms with van der Waals surface area (Å²) >= 11 is 0. The van der Waals surface area contributed by atoms with Crippen molar-refractivity contribution in [3.05, 3.63) is 181 Å². The lowest BCUT2D eigenvalue weighted by atomic mass is 9.85. The number of hydrogen-bond acceptors (Lipinski definition) is 4. The summed E-state index contributed by atoms with van der Waals surface area (Å²) in [7, 11) is 0. The summed E-state index contributed by atoms with van der Waals surface area (Å²) in [6.07, 6.45) is 5.56. The molecule has 0 amide bonds. The van der Waals surface area contributed by atoms with E-state index in [1.807, 2.05) is 18.2 Å². The van der Waals surface area contributed by atoms with Crippen LogP contribution in [0.1, 0.15) is 30.4 Å². The van der Waals surface area contributed by atoms with E-state index >= 15 is 0 Å². The number of anilines is 3. The van der Waals surface area contributed by atoms with Crippen molar-refractivity contribution in [2.24, 2.45) is 0 Å². The smallest absolute Gasteiger partial charge is 0.159 e. The third-order valence-corrected chi connectivity index (χ3v) is 11.9. The third kappa shape index (κ3) is 4.94. The van der Waals surface area contributed by atoms with Gasteiger partial charge in [-0.25, -0.2) is 0 Å². The summed E-state index contributed by atoms with van der Waals surface area (Å²) in [6, 6.07) is 57.8. The number of nitrogens with zero attached hydrogens (tertiary/aromatic N) is 1. The number of furan rings is 3. The summed E-state index contributed by atoms with van der Waals surface area (Å²) in [5, 5.41) is 6.40. The van der Waals surface area contributed by atoms with Crippen molar-refractivity contribution < 1.29 is 13.3 Å². The fourth-order valence-corrected chi connectivity index (χ4v) is 9.12. The van der Waals surface area contributed by atoms with Crippen LogP contribution in [-0.2, 0) is 0 Å². The minimum atomic E-state index is 0.433. The topological polar surface area (TPSA) is 42.7 Å². The fraction of sp³-hybridized carbons (Fsp3) is 0.0566. The highest BCUT2D eigenvalue weighted by Crippen LogP contribution is 2.48. The Kier molecular flexibility index (Phi) is 6.93. The van der Waals surface area contributed by atoms with Gasteiger partial charge in [-0.2, -0.15) is 0 Å². The first-order valence-corrected chi connectivity index (χ1v) is 19.6. The SMILES string of the molecule is CC1CC=Cc2ccc(-c3c4oc5cc(N(c6ccc(-c7ccccc7)cc6)c6cccc7c6oc6ccccc67)ccc5c4cc4oc5ccccc5c34)cc21. The Balaban J connectivity index is 1.10. The van der Waals surface area contributed by atoms with Crippen molar-refractivity contribution >= 4 is 89.0 Å². The molecular formula is C53H35NO3. The molecule has 3 heterocycles. The molecule has 3 aromatic heterocycles. The minimum Gasteiger partial charge on any atom is -0.456 e. The van der Waals surface area contributed by atoms with Gasteiger partial charge in [0.25, 0.3) is 0 Å². The van der Waals surface area contributed by atoms with Crippen molar-refractivity contribution in [1.29, 1.82) is 0 Å². The van der Waals surface area contributed by atoms with Gasteiger partial charge in [-0.15, -0.1) is 0 Å². The molecule has 57 heavy (non-hydrogen) atoms. The number of rotatable bonds is 5. The van der Waals surface area contributed by atoms with Crippen LogP contribution in [0.15, 0.2) is 183 Å². The summed E-state index contributed by atoms with van der Waals surface area (Å²) < 4.78 is 20.3. The molecule has 0 radical (unpaired) electrons. The molecule has 0 fully saturated rings. The van der Waals surface area contributed by atoms with Crippen LogP contribution >= 0.6 is 0 Å². The summed E-state index contributed by atoms with van der Waals surface area (Å²) in [5.74, 6) is 0.433. The molecule has 12 rings (SSSR count). The second-order valence-electron chi connectivity index (χ2n) is 15.3. The molecule has 270 valence electrons. The van der Waals surface area contributed by atoms with Gasteiger partial charge in [0.2, 0.25) is 0 Å². The molecule has 4 heteroatoms. The van der Waals surface area contributed by atoms with Crippen molar-refractivity contribution in [3.63, 3.8) is 0 Å². The maximum atomic E-state index is 7.10. The van der Waals surface area contributed by atoms with Gasteiger partial charge >= 0.3 is 0 Å². The first-order valence-electron chi connectivity index (χ1n) is 19.6. The maximum Gasteiger partial charge on any atom is 0.159 e. The predicted molar refractivity (Wildman–Crippen MR) is 236 cm³/mol. The highest BCUT2D eigenvalue weighted by molar-refractivity contribution is 6.24. The Bertz CT molecular complexity index is 3400. The lowest BCUT2D eigenvalue weighted by molar-refractivity contribution is 0.664. The molecule has 0 saturated heterocycles. The second kappa shape index (κ2) is 12.4. The van der Waals surface area contributed by atoms with E-state index in [-0.39, 0.29) is 0 Å².